The van der Waals surface area contributed by atoms with Crippen molar-refractivity contribution in [2.24, 2.45) is 0 Å². The molecule has 0 aliphatic heterocycles. The van der Waals surface area contributed by atoms with Crippen LogP contribution in [0.5, 0.6) is 0 Å². The second-order valence-corrected chi connectivity index (χ2v) is 4.41. The van der Waals surface area contributed by atoms with Gasteiger partial charge >= 0.3 is 0 Å². The Bertz CT molecular complexity index is 136. The van der Waals surface area contributed by atoms with Crippen molar-refractivity contribution in [1.29, 1.82) is 0 Å². The monoisotopic (exact) mass is 175 g/mol. The van der Waals surface area contributed by atoms with E-state index in [9.17, 15) is 5.11 Å². The molecule has 0 aromatic rings. The zero-order valence-corrected chi connectivity index (χ0v) is 8.68. The van der Waals surface area contributed by atoms with Crippen molar-refractivity contribution in [3.63, 3.8) is 0 Å². The van der Waals surface area contributed by atoms with Crippen molar-refractivity contribution in [3.05, 3.63) is 0 Å². The van der Waals surface area contributed by atoms with Gasteiger partial charge in [-0.25, -0.2) is 0 Å². The Labute approximate surface area is 74.8 Å². The second-order valence-electron chi connectivity index (χ2n) is 4.41. The van der Waals surface area contributed by atoms with Crippen LogP contribution in [-0.4, -0.2) is 34.0 Å². The van der Waals surface area contributed by atoms with Crippen molar-refractivity contribution < 1.29 is 10.2 Å². The normalized spacial score (nSPS) is 16.2. The van der Waals surface area contributed by atoms with E-state index in [2.05, 4.69) is 5.32 Å². The summed E-state index contributed by atoms with van der Waals surface area (Å²) in [5.41, 5.74) is -1.17. The molecule has 0 bridgehead atoms. The number of β-amino-alcohol motifs (C(OH)–C–C–N with tert-alkyl or cyclic N) is 1. The molecule has 0 aliphatic carbocycles. The molecule has 0 rings (SSSR count). The second kappa shape index (κ2) is 3.73. The van der Waals surface area contributed by atoms with Gasteiger partial charge in [-0.1, -0.05) is 0 Å². The molecule has 3 N–H and O–H groups in total. The molecule has 0 aromatic heterocycles. The summed E-state index contributed by atoms with van der Waals surface area (Å²) in [5.74, 6) is 0. The molecular weight excluding hydrogens is 154 g/mol. The van der Waals surface area contributed by atoms with Gasteiger partial charge < -0.3 is 15.5 Å². The Balaban J connectivity index is 4.05. The average molecular weight is 175 g/mol. The molecular formula is C9H21NO2. The largest absolute Gasteiger partial charge is 0.392 e. The molecule has 1 atom stereocenters. The van der Waals surface area contributed by atoms with Crippen LogP contribution in [0.25, 0.3) is 0 Å². The molecule has 0 aliphatic rings. The maximum absolute atomic E-state index is 9.71. The van der Waals surface area contributed by atoms with Crippen LogP contribution < -0.4 is 5.32 Å². The van der Waals surface area contributed by atoms with Gasteiger partial charge in [0.15, 0.2) is 0 Å². The molecule has 0 saturated carbocycles. The molecule has 0 saturated heterocycles. The fourth-order valence-electron chi connectivity index (χ4n) is 0.619. The van der Waals surface area contributed by atoms with E-state index in [4.69, 9.17) is 5.11 Å². The molecule has 0 fully saturated rings. The van der Waals surface area contributed by atoms with Crippen molar-refractivity contribution in [2.75, 3.05) is 6.54 Å². The van der Waals surface area contributed by atoms with E-state index in [0.717, 1.165) is 0 Å². The SMILES string of the molecule is CC(O)CNC(C)(C)C(C)(C)O. The summed E-state index contributed by atoms with van der Waals surface area (Å²) in [5, 5.41) is 21.8. The van der Waals surface area contributed by atoms with E-state index in [0.29, 0.717) is 6.54 Å². The van der Waals surface area contributed by atoms with E-state index in [1.807, 2.05) is 13.8 Å². The third-order valence-electron chi connectivity index (χ3n) is 2.37. The highest BCUT2D eigenvalue weighted by molar-refractivity contribution is 4.93. The molecule has 0 amide bonds. The first-order chi connectivity index (χ1) is 5.17. The van der Waals surface area contributed by atoms with Gasteiger partial charge in [-0.15, -0.1) is 0 Å². The summed E-state index contributed by atoms with van der Waals surface area (Å²) in [6, 6.07) is 0. The summed E-state index contributed by atoms with van der Waals surface area (Å²) in [4.78, 5) is 0. The van der Waals surface area contributed by atoms with Crippen molar-refractivity contribution in [2.45, 2.75) is 51.9 Å². The quantitative estimate of drug-likeness (QED) is 0.583. The lowest BCUT2D eigenvalue weighted by Gasteiger charge is -2.38. The van der Waals surface area contributed by atoms with Gasteiger partial charge in [0.25, 0.3) is 0 Å². The Kier molecular flexibility index (Phi) is 3.69. The van der Waals surface area contributed by atoms with E-state index in [1.165, 1.54) is 0 Å². The third-order valence-corrected chi connectivity index (χ3v) is 2.37. The maximum atomic E-state index is 9.71. The molecule has 1 unspecified atom stereocenters. The minimum absolute atomic E-state index is 0.383. The van der Waals surface area contributed by atoms with Crippen molar-refractivity contribution in [1.82, 2.24) is 5.32 Å². The van der Waals surface area contributed by atoms with Crippen molar-refractivity contribution >= 4 is 0 Å². The molecule has 74 valence electrons. The number of rotatable bonds is 4. The Morgan fingerprint density at radius 3 is 1.92 bits per heavy atom. The first kappa shape index (κ1) is 11.9. The van der Waals surface area contributed by atoms with E-state index < -0.39 is 5.60 Å². The molecule has 3 heteroatoms. The Morgan fingerprint density at radius 2 is 1.67 bits per heavy atom. The predicted octanol–water partition coefficient (Wildman–Crippen LogP) is 0.506. The first-order valence-corrected chi connectivity index (χ1v) is 4.32. The Hall–Kier alpha value is -0.120. The van der Waals surface area contributed by atoms with Gasteiger partial charge in [0.05, 0.1) is 11.7 Å². The number of aliphatic hydroxyl groups is 2. The highest BCUT2D eigenvalue weighted by atomic mass is 16.3. The average Bonchev–Trinajstić information content (AvgIpc) is 1.81. The van der Waals surface area contributed by atoms with Gasteiger partial charge in [-0.3, -0.25) is 0 Å². The fraction of sp³-hybridized carbons (Fsp3) is 1.00. The van der Waals surface area contributed by atoms with Crippen LogP contribution in [0.15, 0.2) is 0 Å². The van der Waals surface area contributed by atoms with Crippen LogP contribution in [0.1, 0.15) is 34.6 Å². The van der Waals surface area contributed by atoms with E-state index in [1.54, 1.807) is 20.8 Å². The smallest absolute Gasteiger partial charge is 0.0767 e. The molecule has 0 heterocycles. The predicted molar refractivity (Wildman–Crippen MR) is 50.1 cm³/mol. The molecule has 12 heavy (non-hydrogen) atoms. The Morgan fingerprint density at radius 1 is 1.25 bits per heavy atom. The summed E-state index contributed by atoms with van der Waals surface area (Å²) in [6.45, 7) is 9.54. The molecule has 0 aromatic carbocycles. The fourth-order valence-corrected chi connectivity index (χ4v) is 0.619. The van der Waals surface area contributed by atoms with Crippen LogP contribution in [0.2, 0.25) is 0 Å². The van der Waals surface area contributed by atoms with Crippen molar-refractivity contribution in [3.8, 4) is 0 Å². The minimum Gasteiger partial charge on any atom is -0.392 e. The van der Waals surface area contributed by atoms with E-state index in [-0.39, 0.29) is 11.6 Å². The maximum Gasteiger partial charge on any atom is 0.0767 e. The summed E-state index contributed by atoms with van der Waals surface area (Å²) in [7, 11) is 0. The first-order valence-electron chi connectivity index (χ1n) is 4.32. The highest BCUT2D eigenvalue weighted by Gasteiger charge is 2.34. The number of nitrogens with one attached hydrogen (secondary N) is 1. The lowest BCUT2D eigenvalue weighted by molar-refractivity contribution is -0.00883. The topological polar surface area (TPSA) is 52.5 Å². The standard InChI is InChI=1S/C9H21NO2/c1-7(11)6-10-8(2,3)9(4,5)12/h7,10-12H,6H2,1-5H3. The zero-order valence-electron chi connectivity index (χ0n) is 8.68. The molecule has 0 spiro atoms. The number of hydrogen-bond acceptors (Lipinski definition) is 3. The van der Waals surface area contributed by atoms with Crippen LogP contribution in [0, 0.1) is 0 Å². The van der Waals surface area contributed by atoms with Crippen LogP contribution in [0.4, 0.5) is 0 Å². The van der Waals surface area contributed by atoms with Gasteiger partial charge in [0, 0.05) is 12.1 Å². The number of aliphatic hydroxyl groups excluding tert-OH is 1. The number of hydrogen-bond donors (Lipinski definition) is 3. The summed E-state index contributed by atoms with van der Waals surface area (Å²) in [6.07, 6.45) is -0.383. The minimum atomic E-state index is -0.790. The van der Waals surface area contributed by atoms with Gasteiger partial charge in [0.2, 0.25) is 0 Å². The zero-order chi connectivity index (χ0) is 9.99. The van der Waals surface area contributed by atoms with Crippen LogP contribution in [-0.2, 0) is 0 Å². The molecule has 0 radical (unpaired) electrons. The van der Waals surface area contributed by atoms with Gasteiger partial charge in [-0.05, 0) is 34.6 Å². The third kappa shape index (κ3) is 3.52. The molecule has 3 nitrogen and oxygen atoms in total. The lowest BCUT2D eigenvalue weighted by atomic mass is 9.86. The van der Waals surface area contributed by atoms with E-state index >= 15 is 0 Å². The van der Waals surface area contributed by atoms with Crippen LogP contribution >= 0.6 is 0 Å². The van der Waals surface area contributed by atoms with Gasteiger partial charge in [0.1, 0.15) is 0 Å². The van der Waals surface area contributed by atoms with Crippen LogP contribution in [0.3, 0.4) is 0 Å². The summed E-state index contributed by atoms with van der Waals surface area (Å²) < 4.78 is 0. The van der Waals surface area contributed by atoms with Gasteiger partial charge in [-0.2, -0.15) is 0 Å². The lowest BCUT2D eigenvalue weighted by Crippen LogP contribution is -2.57. The highest BCUT2D eigenvalue weighted by Crippen LogP contribution is 2.19. The summed E-state index contributed by atoms with van der Waals surface area (Å²) >= 11 is 0.